The van der Waals surface area contributed by atoms with E-state index in [0.717, 1.165) is 0 Å². The quantitative estimate of drug-likeness (QED) is 0.797. The van der Waals surface area contributed by atoms with Gasteiger partial charge in [-0.25, -0.2) is 4.39 Å². The van der Waals surface area contributed by atoms with Crippen LogP contribution >= 0.6 is 0 Å². The average Bonchev–Trinajstić information content (AvgIpc) is 2.95. The molecule has 7 heteroatoms. The zero-order valence-corrected chi connectivity index (χ0v) is 12.1. The van der Waals surface area contributed by atoms with Crippen molar-refractivity contribution in [3.63, 3.8) is 0 Å². The first kappa shape index (κ1) is 14.7. The van der Waals surface area contributed by atoms with Crippen LogP contribution in [0.25, 0.3) is 0 Å². The fraction of sp³-hybridized carbons (Fsp3) is 0.0625. The number of halogens is 1. The first-order valence-corrected chi connectivity index (χ1v) is 6.76. The van der Waals surface area contributed by atoms with Crippen molar-refractivity contribution in [1.29, 1.82) is 0 Å². The van der Waals surface area contributed by atoms with E-state index in [-0.39, 0.29) is 23.1 Å². The van der Waals surface area contributed by atoms with E-state index in [1.54, 1.807) is 43.3 Å². The van der Waals surface area contributed by atoms with Gasteiger partial charge in [-0.05, 0) is 24.3 Å². The highest BCUT2D eigenvalue weighted by Gasteiger charge is 2.16. The second-order valence-corrected chi connectivity index (χ2v) is 4.61. The predicted octanol–water partition coefficient (Wildman–Crippen LogP) is 3.56. The molecular weight excluding hydrogens is 301 g/mol. The summed E-state index contributed by atoms with van der Waals surface area (Å²) in [5, 5.41) is 9.78. The minimum atomic E-state index is -0.518. The number of amides is 1. The van der Waals surface area contributed by atoms with Crippen LogP contribution in [0.15, 0.2) is 52.9 Å². The van der Waals surface area contributed by atoms with Crippen molar-refractivity contribution >= 4 is 11.9 Å². The zero-order chi connectivity index (χ0) is 16.2. The number of nitrogens with one attached hydrogen (secondary N) is 1. The number of carbonyl (C=O) groups excluding carboxylic acids is 1. The van der Waals surface area contributed by atoms with Gasteiger partial charge in [0.1, 0.15) is 5.75 Å². The van der Waals surface area contributed by atoms with Crippen molar-refractivity contribution in [2.75, 3.05) is 5.32 Å². The highest BCUT2D eigenvalue weighted by Crippen LogP contribution is 2.27. The monoisotopic (exact) mass is 313 g/mol. The Morgan fingerprint density at radius 1 is 1.09 bits per heavy atom. The molecule has 23 heavy (non-hydrogen) atoms. The molecule has 0 radical (unpaired) electrons. The number of hydrogen-bond acceptors (Lipinski definition) is 5. The maximum Gasteiger partial charge on any atom is 0.322 e. The van der Waals surface area contributed by atoms with Gasteiger partial charge in [0.05, 0.1) is 5.56 Å². The van der Waals surface area contributed by atoms with E-state index >= 15 is 0 Å². The number of hydrogen-bond donors (Lipinski definition) is 1. The molecule has 1 amide bonds. The van der Waals surface area contributed by atoms with E-state index in [1.807, 2.05) is 0 Å². The fourth-order valence-electron chi connectivity index (χ4n) is 1.90. The first-order valence-electron chi connectivity index (χ1n) is 6.76. The largest absolute Gasteiger partial charge is 0.453 e. The van der Waals surface area contributed by atoms with Crippen LogP contribution in [0.2, 0.25) is 0 Å². The number of nitrogens with zero attached hydrogens (tertiary/aromatic N) is 2. The van der Waals surface area contributed by atoms with Crippen molar-refractivity contribution in [3.8, 4) is 11.5 Å². The fourth-order valence-corrected chi connectivity index (χ4v) is 1.90. The summed E-state index contributed by atoms with van der Waals surface area (Å²) in [4.78, 5) is 12.3. The number of aryl methyl sites for hydroxylation is 1. The normalized spacial score (nSPS) is 10.3. The third-order valence-corrected chi connectivity index (χ3v) is 2.93. The van der Waals surface area contributed by atoms with Gasteiger partial charge in [0.15, 0.2) is 11.6 Å². The smallest absolute Gasteiger partial charge is 0.322 e. The van der Waals surface area contributed by atoms with Crippen LogP contribution in [0.1, 0.15) is 16.2 Å². The first-order chi connectivity index (χ1) is 11.1. The molecule has 0 atom stereocenters. The molecule has 3 aromatic rings. The van der Waals surface area contributed by atoms with E-state index in [4.69, 9.17) is 9.15 Å². The molecule has 3 rings (SSSR count). The third-order valence-electron chi connectivity index (χ3n) is 2.93. The lowest BCUT2D eigenvalue weighted by Gasteiger charge is -2.10. The Labute approximate surface area is 130 Å². The molecule has 1 heterocycles. The standard InChI is InChI=1S/C16H12FN3O3/c1-10-19-20-16(22-10)18-15(21)11-6-2-4-8-13(11)23-14-9-5-3-7-12(14)17/h2-9H,1H3,(H,18,20,21). The second kappa shape index (κ2) is 6.27. The lowest BCUT2D eigenvalue weighted by atomic mass is 10.2. The number of aromatic nitrogens is 2. The summed E-state index contributed by atoms with van der Waals surface area (Å²) < 4.78 is 24.3. The molecule has 1 aromatic heterocycles. The topological polar surface area (TPSA) is 77.2 Å². The minimum Gasteiger partial charge on any atom is -0.453 e. The number of anilines is 1. The number of para-hydroxylation sites is 2. The summed E-state index contributed by atoms with van der Waals surface area (Å²) in [6.45, 7) is 1.61. The summed E-state index contributed by atoms with van der Waals surface area (Å²) in [5.41, 5.74) is 0.214. The molecule has 1 N–H and O–H groups in total. The van der Waals surface area contributed by atoms with E-state index in [2.05, 4.69) is 15.5 Å². The highest BCUT2D eigenvalue weighted by atomic mass is 19.1. The molecule has 0 bridgehead atoms. The van der Waals surface area contributed by atoms with E-state index < -0.39 is 11.7 Å². The Morgan fingerprint density at radius 3 is 2.48 bits per heavy atom. The van der Waals surface area contributed by atoms with Crippen molar-refractivity contribution in [1.82, 2.24) is 10.2 Å². The number of benzene rings is 2. The van der Waals surface area contributed by atoms with Crippen LogP contribution in [0.3, 0.4) is 0 Å². The Morgan fingerprint density at radius 2 is 1.78 bits per heavy atom. The van der Waals surface area contributed by atoms with Crippen molar-refractivity contribution in [3.05, 3.63) is 65.8 Å². The van der Waals surface area contributed by atoms with Gasteiger partial charge in [-0.1, -0.05) is 29.4 Å². The van der Waals surface area contributed by atoms with Gasteiger partial charge in [-0.15, -0.1) is 5.10 Å². The minimum absolute atomic E-state index is 0.0202. The van der Waals surface area contributed by atoms with Crippen LogP contribution in [-0.2, 0) is 0 Å². The van der Waals surface area contributed by atoms with Crippen LogP contribution in [0.4, 0.5) is 10.4 Å². The zero-order valence-electron chi connectivity index (χ0n) is 12.1. The number of carbonyl (C=O) groups is 1. The van der Waals surface area contributed by atoms with Crippen molar-refractivity contribution in [2.24, 2.45) is 0 Å². The Bertz CT molecular complexity index is 848. The molecule has 0 aliphatic rings. The van der Waals surface area contributed by atoms with Crippen LogP contribution in [-0.4, -0.2) is 16.1 Å². The van der Waals surface area contributed by atoms with Gasteiger partial charge in [0.2, 0.25) is 5.89 Å². The number of ether oxygens (including phenoxy) is 1. The molecule has 0 aliphatic heterocycles. The summed E-state index contributed by atoms with van der Waals surface area (Å²) in [5.74, 6) is -0.445. The average molecular weight is 313 g/mol. The van der Waals surface area contributed by atoms with Crippen LogP contribution in [0, 0.1) is 12.7 Å². The number of rotatable bonds is 4. The van der Waals surface area contributed by atoms with Gasteiger partial charge in [-0.2, -0.15) is 0 Å². The molecule has 0 unspecified atom stereocenters. The second-order valence-electron chi connectivity index (χ2n) is 4.61. The molecule has 0 saturated carbocycles. The maximum absolute atomic E-state index is 13.7. The van der Waals surface area contributed by atoms with Gasteiger partial charge < -0.3 is 9.15 Å². The molecular formula is C16H12FN3O3. The predicted molar refractivity (Wildman–Crippen MR) is 79.9 cm³/mol. The maximum atomic E-state index is 13.7. The van der Waals surface area contributed by atoms with Crippen molar-refractivity contribution in [2.45, 2.75) is 6.92 Å². The molecule has 0 fully saturated rings. The summed E-state index contributed by atoms with van der Waals surface area (Å²) in [6.07, 6.45) is 0. The summed E-state index contributed by atoms with van der Waals surface area (Å²) >= 11 is 0. The Kier molecular flexibility index (Phi) is 4.01. The highest BCUT2D eigenvalue weighted by molar-refractivity contribution is 6.05. The SMILES string of the molecule is Cc1nnc(NC(=O)c2ccccc2Oc2ccccc2F)o1. The Hall–Kier alpha value is -3.22. The van der Waals surface area contributed by atoms with Gasteiger partial charge in [0.25, 0.3) is 5.91 Å². The lowest BCUT2D eigenvalue weighted by Crippen LogP contribution is -2.13. The molecule has 2 aromatic carbocycles. The van der Waals surface area contributed by atoms with E-state index in [0.29, 0.717) is 5.89 Å². The van der Waals surface area contributed by atoms with E-state index in [9.17, 15) is 9.18 Å². The van der Waals surface area contributed by atoms with Gasteiger partial charge in [-0.3, -0.25) is 10.1 Å². The lowest BCUT2D eigenvalue weighted by molar-refractivity contribution is 0.102. The summed E-state index contributed by atoms with van der Waals surface area (Å²) in [6, 6.07) is 12.4. The van der Waals surface area contributed by atoms with Gasteiger partial charge in [0, 0.05) is 6.92 Å². The molecule has 0 spiro atoms. The van der Waals surface area contributed by atoms with Crippen LogP contribution < -0.4 is 10.1 Å². The molecule has 6 nitrogen and oxygen atoms in total. The molecule has 0 aliphatic carbocycles. The van der Waals surface area contributed by atoms with E-state index in [1.165, 1.54) is 12.1 Å². The molecule has 116 valence electrons. The van der Waals surface area contributed by atoms with Crippen LogP contribution in [0.5, 0.6) is 11.5 Å². The van der Waals surface area contributed by atoms with Gasteiger partial charge >= 0.3 is 6.01 Å². The molecule has 0 saturated heterocycles. The Balaban J connectivity index is 1.85. The third kappa shape index (κ3) is 3.34. The van der Waals surface area contributed by atoms with Crippen molar-refractivity contribution < 1.29 is 18.3 Å². The summed E-state index contributed by atoms with van der Waals surface area (Å²) in [7, 11) is 0.